The van der Waals surface area contributed by atoms with Crippen molar-refractivity contribution in [2.24, 2.45) is 5.92 Å². The molecule has 2 amide bonds. The lowest BCUT2D eigenvalue weighted by atomic mass is 9.94. The minimum absolute atomic E-state index is 0.0273. The van der Waals surface area contributed by atoms with E-state index in [2.05, 4.69) is 0 Å². The van der Waals surface area contributed by atoms with Crippen molar-refractivity contribution in [3.05, 3.63) is 0 Å². The van der Waals surface area contributed by atoms with Gasteiger partial charge in [-0.15, -0.1) is 0 Å². The van der Waals surface area contributed by atoms with Crippen LogP contribution in [-0.4, -0.2) is 77.5 Å². The van der Waals surface area contributed by atoms with Crippen LogP contribution >= 0.6 is 0 Å². The Morgan fingerprint density at radius 1 is 1.15 bits per heavy atom. The van der Waals surface area contributed by atoms with E-state index in [-0.39, 0.29) is 31.1 Å². The summed E-state index contributed by atoms with van der Waals surface area (Å²) in [7, 11) is 0. The predicted molar refractivity (Wildman–Crippen MR) is 70.3 cm³/mol. The molecule has 114 valence electrons. The zero-order valence-electron chi connectivity index (χ0n) is 11.5. The summed E-state index contributed by atoms with van der Waals surface area (Å²) in [4.78, 5) is 26.5. The monoisotopic (exact) mass is 286 g/mol. The van der Waals surface area contributed by atoms with E-state index in [0.29, 0.717) is 32.8 Å². The fourth-order valence-electron chi connectivity index (χ4n) is 2.78. The summed E-state index contributed by atoms with van der Waals surface area (Å²) in [6, 6.07) is -0.0273. The van der Waals surface area contributed by atoms with E-state index >= 15 is 0 Å². The van der Waals surface area contributed by atoms with Gasteiger partial charge < -0.3 is 24.7 Å². The second-order valence-corrected chi connectivity index (χ2v) is 5.43. The predicted octanol–water partition coefficient (Wildman–Crippen LogP) is -0.0138. The molecule has 1 atom stereocenters. The lowest BCUT2D eigenvalue weighted by molar-refractivity contribution is -0.138. The first-order valence-corrected chi connectivity index (χ1v) is 7.08. The van der Waals surface area contributed by atoms with Gasteiger partial charge in [-0.1, -0.05) is 0 Å². The van der Waals surface area contributed by atoms with Crippen molar-refractivity contribution in [3.63, 3.8) is 0 Å². The molecule has 20 heavy (non-hydrogen) atoms. The second kappa shape index (κ2) is 6.90. The number of rotatable bonds is 3. The molecule has 2 aliphatic rings. The molecule has 0 aromatic rings. The Balaban J connectivity index is 1.80. The highest BCUT2D eigenvalue weighted by Crippen LogP contribution is 2.21. The summed E-state index contributed by atoms with van der Waals surface area (Å²) in [5.41, 5.74) is 0. The van der Waals surface area contributed by atoms with Gasteiger partial charge in [0.15, 0.2) is 0 Å². The van der Waals surface area contributed by atoms with Gasteiger partial charge in [-0.25, -0.2) is 4.79 Å². The maximum atomic E-state index is 12.3. The molecule has 0 aromatic carbocycles. The molecule has 2 saturated heterocycles. The number of amides is 2. The van der Waals surface area contributed by atoms with E-state index in [4.69, 9.17) is 14.9 Å². The minimum Gasteiger partial charge on any atom is -0.481 e. The van der Waals surface area contributed by atoms with Crippen LogP contribution in [0, 0.1) is 5.92 Å². The zero-order valence-corrected chi connectivity index (χ0v) is 11.5. The molecule has 0 radical (unpaired) electrons. The number of morpholine rings is 1. The van der Waals surface area contributed by atoms with Crippen LogP contribution < -0.4 is 0 Å². The zero-order chi connectivity index (χ0) is 14.5. The van der Waals surface area contributed by atoms with Crippen LogP contribution in [0.2, 0.25) is 0 Å². The standard InChI is InChI=1S/C13H22N2O5/c16-9-11-8-15(5-6-20-11)13(19)14-3-1-10(2-4-14)7-12(17)18/h10-11,16H,1-9H2,(H,17,18). The van der Waals surface area contributed by atoms with Crippen LogP contribution in [0.1, 0.15) is 19.3 Å². The van der Waals surface area contributed by atoms with Crippen molar-refractivity contribution >= 4 is 12.0 Å². The first-order chi connectivity index (χ1) is 9.60. The van der Waals surface area contributed by atoms with E-state index < -0.39 is 5.97 Å². The van der Waals surface area contributed by atoms with Crippen molar-refractivity contribution in [2.75, 3.05) is 39.4 Å². The maximum absolute atomic E-state index is 12.3. The molecule has 0 aliphatic carbocycles. The number of ether oxygens (including phenoxy) is 1. The fourth-order valence-corrected chi connectivity index (χ4v) is 2.78. The number of piperidine rings is 1. The van der Waals surface area contributed by atoms with Crippen LogP contribution in [0.3, 0.4) is 0 Å². The summed E-state index contributed by atoms with van der Waals surface area (Å²) in [6.07, 6.45) is 1.38. The number of aliphatic carboxylic acids is 1. The normalized spacial score (nSPS) is 24.8. The number of aliphatic hydroxyl groups is 1. The Labute approximate surface area is 118 Å². The minimum atomic E-state index is -0.770. The largest absolute Gasteiger partial charge is 0.481 e. The van der Waals surface area contributed by atoms with Gasteiger partial charge in [0.1, 0.15) is 0 Å². The Morgan fingerprint density at radius 3 is 2.45 bits per heavy atom. The number of carbonyl (C=O) groups is 2. The summed E-state index contributed by atoms with van der Waals surface area (Å²) in [5, 5.41) is 17.9. The number of likely N-dealkylation sites (tertiary alicyclic amines) is 1. The van der Waals surface area contributed by atoms with Gasteiger partial charge in [0, 0.05) is 26.1 Å². The van der Waals surface area contributed by atoms with Gasteiger partial charge in [-0.3, -0.25) is 4.79 Å². The molecule has 0 spiro atoms. The summed E-state index contributed by atoms with van der Waals surface area (Å²) in [5.74, 6) is -0.597. The first kappa shape index (κ1) is 15.1. The van der Waals surface area contributed by atoms with Crippen molar-refractivity contribution in [1.82, 2.24) is 9.80 Å². The Morgan fingerprint density at radius 2 is 1.85 bits per heavy atom. The van der Waals surface area contributed by atoms with E-state index in [1.54, 1.807) is 9.80 Å². The van der Waals surface area contributed by atoms with Crippen molar-refractivity contribution < 1.29 is 24.5 Å². The van der Waals surface area contributed by atoms with Crippen molar-refractivity contribution in [2.45, 2.75) is 25.4 Å². The van der Waals surface area contributed by atoms with Gasteiger partial charge in [-0.2, -0.15) is 0 Å². The van der Waals surface area contributed by atoms with Crippen LogP contribution in [0.4, 0.5) is 4.79 Å². The second-order valence-electron chi connectivity index (χ2n) is 5.43. The highest BCUT2D eigenvalue weighted by Gasteiger charge is 2.30. The van der Waals surface area contributed by atoms with Crippen molar-refractivity contribution in [1.29, 1.82) is 0 Å². The average molecular weight is 286 g/mol. The van der Waals surface area contributed by atoms with Gasteiger partial charge in [0.2, 0.25) is 0 Å². The van der Waals surface area contributed by atoms with E-state index in [9.17, 15) is 9.59 Å². The first-order valence-electron chi connectivity index (χ1n) is 7.08. The number of carboxylic acids is 1. The Kier molecular flexibility index (Phi) is 5.19. The summed E-state index contributed by atoms with van der Waals surface area (Å²) >= 11 is 0. The third-order valence-electron chi connectivity index (χ3n) is 3.96. The molecule has 0 aromatic heterocycles. The Hall–Kier alpha value is -1.34. The maximum Gasteiger partial charge on any atom is 0.320 e. The average Bonchev–Trinajstić information content (AvgIpc) is 2.47. The number of urea groups is 1. The highest BCUT2D eigenvalue weighted by molar-refractivity contribution is 5.74. The number of hydrogen-bond acceptors (Lipinski definition) is 4. The summed E-state index contributed by atoms with van der Waals surface area (Å²) in [6.45, 7) is 2.56. The quantitative estimate of drug-likeness (QED) is 0.761. The third kappa shape index (κ3) is 3.83. The molecule has 2 rings (SSSR count). The summed E-state index contributed by atoms with van der Waals surface area (Å²) < 4.78 is 5.33. The van der Waals surface area contributed by atoms with Gasteiger partial charge in [0.25, 0.3) is 0 Å². The van der Waals surface area contributed by atoms with E-state index in [0.717, 1.165) is 12.8 Å². The lowest BCUT2D eigenvalue weighted by Crippen LogP contribution is -2.53. The molecule has 0 bridgehead atoms. The number of aliphatic hydroxyl groups excluding tert-OH is 1. The third-order valence-corrected chi connectivity index (χ3v) is 3.96. The number of nitrogens with zero attached hydrogens (tertiary/aromatic N) is 2. The SMILES string of the molecule is O=C(O)CC1CCN(C(=O)N2CCOC(CO)C2)CC1. The smallest absolute Gasteiger partial charge is 0.320 e. The molecule has 7 heteroatoms. The van der Waals surface area contributed by atoms with Crippen LogP contribution in [0.5, 0.6) is 0 Å². The van der Waals surface area contributed by atoms with Gasteiger partial charge in [0.05, 0.1) is 25.9 Å². The number of hydrogen-bond donors (Lipinski definition) is 2. The molecule has 2 heterocycles. The molecule has 2 fully saturated rings. The highest BCUT2D eigenvalue weighted by atomic mass is 16.5. The molecule has 2 aliphatic heterocycles. The van der Waals surface area contributed by atoms with Crippen LogP contribution in [0.15, 0.2) is 0 Å². The molecular formula is C13H22N2O5. The number of carboxylic acid groups (broad SMARTS) is 1. The van der Waals surface area contributed by atoms with Crippen LogP contribution in [0.25, 0.3) is 0 Å². The fraction of sp³-hybridized carbons (Fsp3) is 0.846. The van der Waals surface area contributed by atoms with Crippen LogP contribution in [-0.2, 0) is 9.53 Å². The molecular weight excluding hydrogens is 264 g/mol. The van der Waals surface area contributed by atoms with Crippen molar-refractivity contribution in [3.8, 4) is 0 Å². The van der Waals surface area contributed by atoms with Gasteiger partial charge >= 0.3 is 12.0 Å². The topological polar surface area (TPSA) is 90.3 Å². The van der Waals surface area contributed by atoms with E-state index in [1.165, 1.54) is 0 Å². The van der Waals surface area contributed by atoms with E-state index in [1.807, 2.05) is 0 Å². The molecule has 7 nitrogen and oxygen atoms in total. The lowest BCUT2D eigenvalue weighted by Gasteiger charge is -2.38. The molecule has 1 unspecified atom stereocenters. The molecule has 0 saturated carbocycles. The molecule has 2 N–H and O–H groups in total. The Bertz CT molecular complexity index is 355. The van der Waals surface area contributed by atoms with Gasteiger partial charge in [-0.05, 0) is 18.8 Å². The number of carbonyl (C=O) groups excluding carboxylic acids is 1.